The minimum absolute atomic E-state index is 0.111. The highest BCUT2D eigenvalue weighted by Gasteiger charge is 2.48. The predicted octanol–water partition coefficient (Wildman–Crippen LogP) is 6.37. The number of nitrogens with zero attached hydrogens (tertiary/aromatic N) is 3. The lowest BCUT2D eigenvalue weighted by molar-refractivity contribution is -0.139. The highest BCUT2D eigenvalue weighted by atomic mass is 35.5. The number of piperidine rings is 1. The predicted molar refractivity (Wildman–Crippen MR) is 166 cm³/mol. The van der Waals surface area contributed by atoms with E-state index in [1.807, 2.05) is 40.1 Å². The fraction of sp³-hybridized carbons (Fsp3) is 0.412. The molecule has 3 heterocycles. The van der Waals surface area contributed by atoms with Crippen LogP contribution in [0.2, 0.25) is 10.0 Å². The molecule has 2 amide bonds. The molecule has 3 fully saturated rings. The Hall–Kier alpha value is -3.06. The van der Waals surface area contributed by atoms with E-state index in [2.05, 4.69) is 29.2 Å². The number of halogens is 2. The highest BCUT2D eigenvalue weighted by Crippen LogP contribution is 2.43. The van der Waals surface area contributed by atoms with Crippen LogP contribution in [0.25, 0.3) is 0 Å². The van der Waals surface area contributed by atoms with Crippen molar-refractivity contribution in [2.75, 3.05) is 46.4 Å². The smallest absolute Gasteiger partial charge is 0.256 e. The summed E-state index contributed by atoms with van der Waals surface area (Å²) in [5, 5.41) is 0.770. The number of likely N-dealkylation sites (tertiary alicyclic amines) is 3. The van der Waals surface area contributed by atoms with Crippen LogP contribution >= 0.6 is 23.2 Å². The van der Waals surface area contributed by atoms with E-state index in [4.69, 9.17) is 27.9 Å². The van der Waals surface area contributed by atoms with E-state index in [0.717, 1.165) is 56.8 Å². The quantitative estimate of drug-likeness (QED) is 0.314. The van der Waals surface area contributed by atoms with Crippen LogP contribution in [0.3, 0.4) is 0 Å². The number of rotatable bonds is 7. The van der Waals surface area contributed by atoms with Gasteiger partial charge in [-0.2, -0.15) is 0 Å². The summed E-state index contributed by atoms with van der Waals surface area (Å²) in [6, 6.07) is 23.7. The Kier molecular flexibility index (Phi) is 8.49. The molecule has 3 saturated heterocycles. The molecule has 0 N–H and O–H groups in total. The molecule has 1 spiro atoms. The maximum absolute atomic E-state index is 13.6. The van der Waals surface area contributed by atoms with Crippen molar-refractivity contribution in [1.82, 2.24) is 14.7 Å². The zero-order valence-electron chi connectivity index (χ0n) is 24.0. The summed E-state index contributed by atoms with van der Waals surface area (Å²) in [6.07, 6.45) is 2.68. The molecular formula is C34H37Cl2N3O3. The Morgan fingerprint density at radius 2 is 1.55 bits per heavy atom. The molecule has 3 aliphatic rings. The summed E-state index contributed by atoms with van der Waals surface area (Å²) < 4.78 is 5.27. The van der Waals surface area contributed by atoms with Crippen LogP contribution in [0, 0.1) is 11.3 Å². The Morgan fingerprint density at radius 3 is 2.21 bits per heavy atom. The van der Waals surface area contributed by atoms with E-state index < -0.39 is 0 Å². The number of hydrogen-bond donors (Lipinski definition) is 0. The first-order valence-corrected chi connectivity index (χ1v) is 15.6. The van der Waals surface area contributed by atoms with Crippen LogP contribution in [0.1, 0.15) is 46.7 Å². The fourth-order valence-electron chi connectivity index (χ4n) is 7.11. The number of methoxy groups -OCH3 is 1. The van der Waals surface area contributed by atoms with Crippen molar-refractivity contribution in [2.45, 2.75) is 31.7 Å². The number of carbonyl (C=O) groups excluding carboxylic acids is 2. The van der Waals surface area contributed by atoms with Crippen LogP contribution in [0.4, 0.5) is 0 Å². The van der Waals surface area contributed by atoms with E-state index in [1.165, 1.54) is 5.56 Å². The SMILES string of the molecule is COc1ccc(CN2CCC3(CCN(CC4CN(C(=O)c5c(Cl)cccc5Cl)CC4c4ccccc4)CC3)C2=O)cc1. The number of ether oxygens (including phenoxy) is 1. The van der Waals surface area contributed by atoms with Gasteiger partial charge in [-0.25, -0.2) is 0 Å². The van der Waals surface area contributed by atoms with Gasteiger partial charge in [0.05, 0.1) is 28.1 Å². The van der Waals surface area contributed by atoms with Gasteiger partial charge in [-0.3, -0.25) is 9.59 Å². The third kappa shape index (κ3) is 5.77. The number of amides is 2. The first-order chi connectivity index (χ1) is 20.4. The first-order valence-electron chi connectivity index (χ1n) is 14.8. The average molecular weight is 607 g/mol. The normalized spacial score (nSPS) is 22.2. The number of carbonyl (C=O) groups is 2. The standard InChI is InChI=1S/C34H37Cl2N3O3/c1-42-27-12-10-24(11-13-27)20-38-19-16-34(33(38)41)14-17-37(18-15-34)21-26-22-39(23-28(26)25-6-3-2-4-7-25)32(40)31-29(35)8-5-9-30(31)36/h2-13,26,28H,14-23H2,1H3. The van der Waals surface area contributed by atoms with Crippen LogP contribution in [0.5, 0.6) is 5.75 Å². The maximum Gasteiger partial charge on any atom is 0.256 e. The molecule has 0 aromatic heterocycles. The topological polar surface area (TPSA) is 53.1 Å². The van der Waals surface area contributed by atoms with Gasteiger partial charge in [0, 0.05) is 38.6 Å². The molecule has 2 atom stereocenters. The Labute approximate surface area is 258 Å². The van der Waals surface area contributed by atoms with E-state index in [-0.39, 0.29) is 23.2 Å². The summed E-state index contributed by atoms with van der Waals surface area (Å²) in [6.45, 7) is 5.41. The molecule has 3 aromatic rings. The zero-order chi connectivity index (χ0) is 29.3. The fourth-order valence-corrected chi connectivity index (χ4v) is 7.67. The molecule has 0 saturated carbocycles. The molecule has 3 aliphatic heterocycles. The van der Waals surface area contributed by atoms with Gasteiger partial charge in [-0.15, -0.1) is 0 Å². The third-order valence-electron chi connectivity index (χ3n) is 9.57. The molecule has 2 unspecified atom stereocenters. The molecule has 6 nitrogen and oxygen atoms in total. The van der Waals surface area contributed by atoms with Crippen molar-refractivity contribution in [2.24, 2.45) is 11.3 Å². The summed E-state index contributed by atoms with van der Waals surface area (Å²) in [7, 11) is 1.66. The minimum atomic E-state index is -0.250. The van der Waals surface area contributed by atoms with Gasteiger partial charge in [-0.1, -0.05) is 71.7 Å². The van der Waals surface area contributed by atoms with E-state index in [1.54, 1.807) is 25.3 Å². The Balaban J connectivity index is 1.11. The minimum Gasteiger partial charge on any atom is -0.497 e. The van der Waals surface area contributed by atoms with E-state index in [0.29, 0.717) is 41.2 Å². The van der Waals surface area contributed by atoms with Crippen molar-refractivity contribution < 1.29 is 14.3 Å². The summed E-state index contributed by atoms with van der Waals surface area (Å²) >= 11 is 12.8. The second kappa shape index (κ2) is 12.3. The summed E-state index contributed by atoms with van der Waals surface area (Å²) in [5.74, 6) is 1.51. The molecule has 8 heteroatoms. The summed E-state index contributed by atoms with van der Waals surface area (Å²) in [5.41, 5.74) is 2.51. The van der Waals surface area contributed by atoms with Crippen molar-refractivity contribution >= 4 is 35.0 Å². The zero-order valence-corrected chi connectivity index (χ0v) is 25.5. The van der Waals surface area contributed by atoms with Crippen molar-refractivity contribution in [3.05, 3.63) is 99.5 Å². The summed E-state index contributed by atoms with van der Waals surface area (Å²) in [4.78, 5) is 33.7. The lowest BCUT2D eigenvalue weighted by atomic mass is 9.76. The second-order valence-corrected chi connectivity index (χ2v) is 12.8. The van der Waals surface area contributed by atoms with E-state index in [9.17, 15) is 9.59 Å². The monoisotopic (exact) mass is 605 g/mol. The molecule has 0 radical (unpaired) electrons. The lowest BCUT2D eigenvalue weighted by Crippen LogP contribution is -2.46. The van der Waals surface area contributed by atoms with Gasteiger partial charge in [0.15, 0.2) is 0 Å². The Bertz CT molecular complexity index is 1400. The molecular weight excluding hydrogens is 569 g/mol. The highest BCUT2D eigenvalue weighted by molar-refractivity contribution is 6.39. The van der Waals surface area contributed by atoms with Crippen molar-refractivity contribution in [3.8, 4) is 5.75 Å². The molecule has 220 valence electrons. The molecule has 3 aromatic carbocycles. The van der Waals surface area contributed by atoms with Gasteiger partial charge in [0.1, 0.15) is 5.75 Å². The number of benzene rings is 3. The lowest BCUT2D eigenvalue weighted by Gasteiger charge is -2.39. The average Bonchev–Trinajstić information content (AvgIpc) is 3.56. The first kappa shape index (κ1) is 29.0. The Morgan fingerprint density at radius 1 is 0.881 bits per heavy atom. The molecule has 6 rings (SSSR count). The van der Waals surface area contributed by atoms with Crippen LogP contribution in [-0.2, 0) is 11.3 Å². The van der Waals surface area contributed by atoms with Gasteiger partial charge >= 0.3 is 0 Å². The van der Waals surface area contributed by atoms with Crippen LogP contribution in [-0.4, -0.2) is 72.9 Å². The van der Waals surface area contributed by atoms with Crippen molar-refractivity contribution in [1.29, 1.82) is 0 Å². The maximum atomic E-state index is 13.6. The van der Waals surface area contributed by atoms with Crippen LogP contribution in [0.15, 0.2) is 72.8 Å². The van der Waals surface area contributed by atoms with Gasteiger partial charge in [0.25, 0.3) is 5.91 Å². The molecule has 42 heavy (non-hydrogen) atoms. The second-order valence-electron chi connectivity index (χ2n) is 12.0. The van der Waals surface area contributed by atoms with Crippen molar-refractivity contribution in [3.63, 3.8) is 0 Å². The molecule has 0 bridgehead atoms. The van der Waals surface area contributed by atoms with Gasteiger partial charge < -0.3 is 19.4 Å². The number of hydrogen-bond acceptors (Lipinski definition) is 4. The third-order valence-corrected chi connectivity index (χ3v) is 10.2. The van der Waals surface area contributed by atoms with Crippen LogP contribution < -0.4 is 4.74 Å². The van der Waals surface area contributed by atoms with E-state index >= 15 is 0 Å². The van der Waals surface area contributed by atoms with Gasteiger partial charge in [0.2, 0.25) is 5.91 Å². The largest absolute Gasteiger partial charge is 0.497 e. The van der Waals surface area contributed by atoms with Gasteiger partial charge in [-0.05, 0) is 73.7 Å². The molecule has 0 aliphatic carbocycles.